The number of aliphatic carboxylic acids is 1. The van der Waals surface area contributed by atoms with Crippen molar-refractivity contribution in [3.8, 4) is 6.07 Å². The highest BCUT2D eigenvalue weighted by Gasteiger charge is 2.63. The normalized spacial score (nSPS) is 23.9. The van der Waals surface area contributed by atoms with E-state index in [9.17, 15) is 22.8 Å². The summed E-state index contributed by atoms with van der Waals surface area (Å²) in [5, 5.41) is 19.2. The van der Waals surface area contributed by atoms with Gasteiger partial charge < -0.3 is 10.4 Å². The maximum atomic E-state index is 12.8. The van der Waals surface area contributed by atoms with Crippen LogP contribution in [0.5, 0.6) is 0 Å². The van der Waals surface area contributed by atoms with Crippen molar-refractivity contribution in [1.82, 2.24) is 10.2 Å². The van der Waals surface area contributed by atoms with Gasteiger partial charge in [0.15, 0.2) is 5.41 Å². The lowest BCUT2D eigenvalue weighted by Crippen LogP contribution is -2.48. The van der Waals surface area contributed by atoms with Crippen LogP contribution in [-0.4, -0.2) is 54.2 Å². The first-order valence-corrected chi connectivity index (χ1v) is 5.39. The van der Waals surface area contributed by atoms with E-state index in [4.69, 9.17) is 10.4 Å². The van der Waals surface area contributed by atoms with Crippen molar-refractivity contribution in [2.24, 2.45) is 5.41 Å². The number of likely N-dealkylation sites (tertiary alicyclic amines) is 1. The first-order chi connectivity index (χ1) is 8.73. The average Bonchev–Trinajstić information content (AvgIpc) is 2.71. The van der Waals surface area contributed by atoms with Gasteiger partial charge in [-0.3, -0.25) is 14.5 Å². The van der Waals surface area contributed by atoms with Crippen LogP contribution in [0.15, 0.2) is 0 Å². The number of nitrogens with one attached hydrogen (secondary N) is 1. The summed E-state index contributed by atoms with van der Waals surface area (Å²) < 4.78 is 38.5. The number of alkyl halides is 3. The lowest BCUT2D eigenvalue weighted by Gasteiger charge is -2.27. The minimum absolute atomic E-state index is 0.133. The molecule has 1 aliphatic heterocycles. The molecule has 19 heavy (non-hydrogen) atoms. The quantitative estimate of drug-likeness (QED) is 0.705. The second kappa shape index (κ2) is 5.44. The second-order valence-electron chi connectivity index (χ2n) is 4.28. The molecular formula is C10H12F3N3O3. The zero-order valence-corrected chi connectivity index (χ0v) is 9.83. The number of carboxylic acid groups (broad SMARTS) is 1. The van der Waals surface area contributed by atoms with Crippen LogP contribution < -0.4 is 5.32 Å². The molecule has 1 atom stereocenters. The van der Waals surface area contributed by atoms with Gasteiger partial charge in [-0.2, -0.15) is 18.4 Å². The van der Waals surface area contributed by atoms with Crippen molar-refractivity contribution < 1.29 is 27.9 Å². The molecule has 0 spiro atoms. The van der Waals surface area contributed by atoms with Crippen LogP contribution in [0.2, 0.25) is 0 Å². The fourth-order valence-electron chi connectivity index (χ4n) is 1.95. The highest BCUT2D eigenvalue weighted by atomic mass is 19.4. The molecule has 1 unspecified atom stereocenters. The molecule has 1 saturated heterocycles. The van der Waals surface area contributed by atoms with Gasteiger partial charge >= 0.3 is 12.1 Å². The van der Waals surface area contributed by atoms with E-state index in [1.54, 1.807) is 6.07 Å². The van der Waals surface area contributed by atoms with E-state index in [1.807, 2.05) is 0 Å². The Bertz CT molecular complexity index is 418. The van der Waals surface area contributed by atoms with E-state index in [1.165, 1.54) is 0 Å². The Morgan fingerprint density at radius 1 is 1.47 bits per heavy atom. The third-order valence-electron chi connectivity index (χ3n) is 3.03. The van der Waals surface area contributed by atoms with Crippen LogP contribution in [0.4, 0.5) is 13.2 Å². The Balaban J connectivity index is 2.68. The number of nitriles is 1. The molecule has 0 aliphatic carbocycles. The number of amides is 1. The van der Waals surface area contributed by atoms with E-state index in [-0.39, 0.29) is 19.6 Å². The molecule has 0 radical (unpaired) electrons. The lowest BCUT2D eigenvalue weighted by molar-refractivity contribution is -0.227. The fraction of sp³-hybridized carbons (Fsp3) is 0.700. The van der Waals surface area contributed by atoms with Gasteiger partial charge in [-0.15, -0.1) is 0 Å². The molecule has 0 aromatic carbocycles. The van der Waals surface area contributed by atoms with Crippen LogP contribution in [0.3, 0.4) is 0 Å². The van der Waals surface area contributed by atoms with Crippen molar-refractivity contribution in [3.63, 3.8) is 0 Å². The summed E-state index contributed by atoms with van der Waals surface area (Å²) in [5.74, 6) is -2.54. The monoisotopic (exact) mass is 279 g/mol. The smallest absolute Gasteiger partial charge is 0.406 e. The molecule has 0 aromatic heterocycles. The predicted molar refractivity (Wildman–Crippen MR) is 55.8 cm³/mol. The molecule has 1 aliphatic rings. The number of nitrogens with zero attached hydrogens (tertiary/aromatic N) is 2. The molecule has 1 amide bonds. The molecule has 9 heteroatoms. The van der Waals surface area contributed by atoms with E-state index >= 15 is 0 Å². The topological polar surface area (TPSA) is 93.4 Å². The van der Waals surface area contributed by atoms with Crippen LogP contribution in [0, 0.1) is 16.7 Å². The summed E-state index contributed by atoms with van der Waals surface area (Å²) in [6.07, 6.45) is -5.45. The summed E-state index contributed by atoms with van der Waals surface area (Å²) in [6, 6.07) is 1.66. The summed E-state index contributed by atoms with van der Waals surface area (Å²) in [5.41, 5.74) is -2.82. The standard InChI is InChI=1S/C10H12F3N3O3/c11-10(12,13)9(8(18)19)1-4-16(6-9)5-7(17)15-3-2-14/h1,3-6H2,(H,15,17)(H,18,19). The molecule has 0 bridgehead atoms. The molecule has 0 saturated carbocycles. The third kappa shape index (κ3) is 3.14. The summed E-state index contributed by atoms with van der Waals surface area (Å²) in [6.45, 7) is -1.49. The van der Waals surface area contributed by atoms with Crippen LogP contribution in [0.1, 0.15) is 6.42 Å². The summed E-state index contributed by atoms with van der Waals surface area (Å²) >= 11 is 0. The van der Waals surface area contributed by atoms with Gasteiger partial charge in [0, 0.05) is 13.1 Å². The van der Waals surface area contributed by atoms with E-state index < -0.39 is 36.4 Å². The SMILES string of the molecule is N#CCNC(=O)CN1CCC(C(=O)O)(C(F)(F)F)C1. The Kier molecular flexibility index (Phi) is 4.36. The van der Waals surface area contributed by atoms with Crippen LogP contribution in [0.25, 0.3) is 0 Å². The Hall–Kier alpha value is -1.82. The van der Waals surface area contributed by atoms with Gasteiger partial charge in [0.2, 0.25) is 5.91 Å². The van der Waals surface area contributed by atoms with Gasteiger partial charge in [-0.1, -0.05) is 0 Å². The number of carboxylic acids is 1. The first-order valence-electron chi connectivity index (χ1n) is 5.39. The molecule has 6 nitrogen and oxygen atoms in total. The van der Waals surface area contributed by atoms with Crippen molar-refractivity contribution in [1.29, 1.82) is 5.26 Å². The Labute approximate surface area is 106 Å². The van der Waals surface area contributed by atoms with E-state index in [0.29, 0.717) is 0 Å². The molecule has 1 rings (SSSR count). The van der Waals surface area contributed by atoms with E-state index in [0.717, 1.165) is 4.90 Å². The first kappa shape index (κ1) is 15.2. The molecule has 1 heterocycles. The van der Waals surface area contributed by atoms with Gasteiger partial charge in [0.05, 0.1) is 12.6 Å². The van der Waals surface area contributed by atoms with E-state index in [2.05, 4.69) is 5.32 Å². The number of carbonyl (C=O) groups excluding carboxylic acids is 1. The van der Waals surface area contributed by atoms with Crippen LogP contribution >= 0.6 is 0 Å². The van der Waals surface area contributed by atoms with Gasteiger partial charge in [-0.05, 0) is 6.42 Å². The predicted octanol–water partition coefficient (Wildman–Crippen LogP) is -0.0348. The summed E-state index contributed by atoms with van der Waals surface area (Å²) in [7, 11) is 0. The van der Waals surface area contributed by atoms with Gasteiger partial charge in [0.1, 0.15) is 6.54 Å². The molecular weight excluding hydrogens is 267 g/mol. The van der Waals surface area contributed by atoms with Crippen molar-refractivity contribution >= 4 is 11.9 Å². The zero-order chi connectivity index (χ0) is 14.7. The maximum absolute atomic E-state index is 12.8. The largest absolute Gasteiger partial charge is 0.481 e. The highest BCUT2D eigenvalue weighted by molar-refractivity contribution is 5.79. The maximum Gasteiger partial charge on any atom is 0.406 e. The highest BCUT2D eigenvalue weighted by Crippen LogP contribution is 2.45. The molecule has 1 fully saturated rings. The average molecular weight is 279 g/mol. The fourth-order valence-corrected chi connectivity index (χ4v) is 1.95. The Morgan fingerprint density at radius 2 is 2.11 bits per heavy atom. The zero-order valence-electron chi connectivity index (χ0n) is 9.83. The van der Waals surface area contributed by atoms with Crippen LogP contribution in [-0.2, 0) is 9.59 Å². The van der Waals surface area contributed by atoms with Crippen molar-refractivity contribution in [3.05, 3.63) is 0 Å². The number of halogens is 3. The number of hydrogen-bond donors (Lipinski definition) is 2. The molecule has 2 N–H and O–H groups in total. The number of hydrogen-bond acceptors (Lipinski definition) is 4. The minimum Gasteiger partial charge on any atom is -0.481 e. The summed E-state index contributed by atoms with van der Waals surface area (Å²) in [4.78, 5) is 23.3. The molecule has 0 aromatic rings. The van der Waals surface area contributed by atoms with Gasteiger partial charge in [-0.25, -0.2) is 0 Å². The number of carbonyl (C=O) groups is 2. The molecule has 106 valence electrons. The second-order valence-corrected chi connectivity index (χ2v) is 4.28. The number of rotatable bonds is 4. The Morgan fingerprint density at radius 3 is 2.53 bits per heavy atom. The van der Waals surface area contributed by atoms with Crippen molar-refractivity contribution in [2.45, 2.75) is 12.6 Å². The lowest BCUT2D eigenvalue weighted by atomic mass is 9.86. The minimum atomic E-state index is -4.86. The third-order valence-corrected chi connectivity index (χ3v) is 3.03. The van der Waals surface area contributed by atoms with Gasteiger partial charge in [0.25, 0.3) is 0 Å². The van der Waals surface area contributed by atoms with Crippen molar-refractivity contribution in [2.75, 3.05) is 26.2 Å².